The molecule has 3 heterocycles. The number of hydrogen-bond acceptors (Lipinski definition) is 4. The Kier molecular flexibility index (Phi) is 3.27. The van der Waals surface area contributed by atoms with Gasteiger partial charge in [0.25, 0.3) is 5.56 Å². The third kappa shape index (κ3) is 2.09. The average molecular weight is 302 g/mol. The molecule has 1 amide bonds. The van der Waals surface area contributed by atoms with Crippen LogP contribution in [0.1, 0.15) is 32.6 Å². The second kappa shape index (κ2) is 5.01. The predicted octanol–water partition coefficient (Wildman–Crippen LogP) is 1.64. The van der Waals surface area contributed by atoms with Crippen LogP contribution in [0, 0.1) is 6.92 Å². The van der Waals surface area contributed by atoms with Crippen molar-refractivity contribution in [2.45, 2.75) is 39.8 Å². The van der Waals surface area contributed by atoms with E-state index in [0.29, 0.717) is 16.9 Å². The monoisotopic (exact) mass is 302 g/mol. The van der Waals surface area contributed by atoms with Gasteiger partial charge in [-0.2, -0.15) is 5.10 Å². The molecule has 0 aromatic carbocycles. The number of nitrogens with one attached hydrogen (secondary N) is 1. The van der Waals surface area contributed by atoms with Crippen LogP contribution in [0.5, 0.6) is 0 Å². The Balaban J connectivity index is 2.17. The van der Waals surface area contributed by atoms with Crippen LogP contribution in [0.3, 0.4) is 0 Å². The Bertz CT molecular complexity index is 916. The number of rotatable bonds is 3. The summed E-state index contributed by atoms with van der Waals surface area (Å²) in [5.41, 5.74) is 1.55. The number of fused-ring (bicyclic) bond motifs is 3. The fraction of sp³-hybridized carbons (Fsp3) is 0.400. The number of carbonyl (C=O) groups is 1. The van der Waals surface area contributed by atoms with Gasteiger partial charge in [-0.25, -0.2) is 4.68 Å². The second-order valence-corrected chi connectivity index (χ2v) is 5.67. The Morgan fingerprint density at radius 2 is 2.05 bits per heavy atom. The normalized spacial score (nSPS) is 13.1. The third-order valence-corrected chi connectivity index (χ3v) is 3.60. The highest BCUT2D eigenvalue weighted by atomic mass is 16.3. The molecular formula is C15H18N4O3. The van der Waals surface area contributed by atoms with Crippen LogP contribution in [-0.2, 0) is 4.79 Å². The molecule has 0 bridgehead atoms. The minimum atomic E-state index is -0.681. The van der Waals surface area contributed by atoms with Gasteiger partial charge in [-0.15, -0.1) is 0 Å². The number of aromatic nitrogens is 3. The maximum atomic E-state index is 12.6. The highest BCUT2D eigenvalue weighted by molar-refractivity contribution is 5.83. The van der Waals surface area contributed by atoms with E-state index in [9.17, 15) is 9.59 Å². The van der Waals surface area contributed by atoms with Gasteiger partial charge >= 0.3 is 0 Å². The van der Waals surface area contributed by atoms with Crippen molar-refractivity contribution in [2.24, 2.45) is 0 Å². The predicted molar refractivity (Wildman–Crippen MR) is 82.0 cm³/mol. The highest BCUT2D eigenvalue weighted by Gasteiger charge is 2.21. The average Bonchev–Trinajstić information content (AvgIpc) is 3.01. The first-order valence-corrected chi connectivity index (χ1v) is 7.18. The third-order valence-electron chi connectivity index (χ3n) is 3.60. The molecule has 1 atom stereocenters. The van der Waals surface area contributed by atoms with Gasteiger partial charge in [0.05, 0.1) is 11.8 Å². The molecule has 1 N–H and O–H groups in total. The SMILES string of the molecule is Cc1nn(C(C)C(=O)NC(C)C)c(=O)c2cc3occc3n12. The van der Waals surface area contributed by atoms with E-state index >= 15 is 0 Å². The molecule has 3 rings (SSSR count). The van der Waals surface area contributed by atoms with E-state index in [1.807, 2.05) is 13.8 Å². The van der Waals surface area contributed by atoms with Crippen LogP contribution < -0.4 is 10.9 Å². The van der Waals surface area contributed by atoms with E-state index in [1.54, 1.807) is 36.6 Å². The van der Waals surface area contributed by atoms with Crippen LogP contribution in [0.2, 0.25) is 0 Å². The van der Waals surface area contributed by atoms with E-state index < -0.39 is 6.04 Å². The molecule has 3 aromatic rings. The summed E-state index contributed by atoms with van der Waals surface area (Å²) >= 11 is 0. The molecule has 0 aliphatic heterocycles. The smallest absolute Gasteiger partial charge is 0.291 e. The van der Waals surface area contributed by atoms with Crippen LogP contribution in [0.15, 0.2) is 27.6 Å². The molecule has 22 heavy (non-hydrogen) atoms. The molecule has 7 heteroatoms. The lowest BCUT2D eigenvalue weighted by Crippen LogP contribution is -2.40. The van der Waals surface area contributed by atoms with Crippen LogP contribution >= 0.6 is 0 Å². The quantitative estimate of drug-likeness (QED) is 0.797. The zero-order valence-electron chi connectivity index (χ0n) is 13.0. The topological polar surface area (TPSA) is 81.5 Å². The molecular weight excluding hydrogens is 284 g/mol. The lowest BCUT2D eigenvalue weighted by atomic mass is 10.3. The molecule has 0 aliphatic rings. The van der Waals surface area contributed by atoms with Gasteiger partial charge < -0.3 is 9.73 Å². The molecule has 7 nitrogen and oxygen atoms in total. The maximum Gasteiger partial charge on any atom is 0.291 e. The molecule has 1 unspecified atom stereocenters. The van der Waals surface area contributed by atoms with Crippen molar-refractivity contribution in [3.8, 4) is 0 Å². The van der Waals surface area contributed by atoms with E-state index in [1.165, 1.54) is 4.68 Å². The maximum absolute atomic E-state index is 12.6. The van der Waals surface area contributed by atoms with Gasteiger partial charge in [-0.1, -0.05) is 0 Å². The second-order valence-electron chi connectivity index (χ2n) is 5.67. The van der Waals surface area contributed by atoms with Crippen LogP contribution in [0.25, 0.3) is 16.6 Å². The van der Waals surface area contributed by atoms with Crippen molar-refractivity contribution in [2.75, 3.05) is 0 Å². The largest absolute Gasteiger partial charge is 0.463 e. The molecule has 116 valence electrons. The minimum Gasteiger partial charge on any atom is -0.463 e. The zero-order valence-corrected chi connectivity index (χ0v) is 13.0. The van der Waals surface area contributed by atoms with Gasteiger partial charge in [0.1, 0.15) is 17.4 Å². The van der Waals surface area contributed by atoms with E-state index in [2.05, 4.69) is 10.4 Å². The Labute approximate surface area is 126 Å². The van der Waals surface area contributed by atoms with Gasteiger partial charge in [0.15, 0.2) is 5.58 Å². The fourth-order valence-corrected chi connectivity index (χ4v) is 2.57. The van der Waals surface area contributed by atoms with E-state index in [0.717, 1.165) is 5.52 Å². The first-order valence-electron chi connectivity index (χ1n) is 7.18. The lowest BCUT2D eigenvalue weighted by Gasteiger charge is -2.17. The number of nitrogens with zero attached hydrogens (tertiary/aromatic N) is 3. The summed E-state index contributed by atoms with van der Waals surface area (Å²) in [5, 5.41) is 7.09. The number of carbonyl (C=O) groups excluding carboxylic acids is 1. The van der Waals surface area contributed by atoms with Crippen LogP contribution in [0.4, 0.5) is 0 Å². The van der Waals surface area contributed by atoms with Gasteiger partial charge in [0.2, 0.25) is 5.91 Å². The number of amides is 1. The molecule has 0 radical (unpaired) electrons. The highest BCUT2D eigenvalue weighted by Crippen LogP contribution is 2.20. The summed E-state index contributed by atoms with van der Waals surface area (Å²) in [4.78, 5) is 24.8. The molecule has 0 spiro atoms. The summed E-state index contributed by atoms with van der Waals surface area (Å²) in [7, 11) is 0. The van der Waals surface area contributed by atoms with Crippen molar-refractivity contribution in [1.29, 1.82) is 0 Å². The number of hydrogen-bond donors (Lipinski definition) is 1. The van der Waals surface area contributed by atoms with Crippen molar-refractivity contribution in [3.63, 3.8) is 0 Å². The first-order chi connectivity index (χ1) is 10.4. The summed E-state index contributed by atoms with van der Waals surface area (Å²) in [6, 6.07) is 2.79. The summed E-state index contributed by atoms with van der Waals surface area (Å²) in [5.74, 6) is 0.388. The summed E-state index contributed by atoms with van der Waals surface area (Å²) in [6.45, 7) is 7.20. The Hall–Kier alpha value is -2.57. The standard InChI is InChI=1S/C15H18N4O3/c1-8(2)16-14(20)9(3)19-15(21)12-7-13-11(5-6-22-13)18(12)10(4)17-19/h5-9H,1-4H3,(H,16,20). The van der Waals surface area contributed by atoms with Gasteiger partial charge in [-0.05, 0) is 27.7 Å². The van der Waals surface area contributed by atoms with Crippen molar-refractivity contribution < 1.29 is 9.21 Å². The lowest BCUT2D eigenvalue weighted by molar-refractivity contribution is -0.124. The summed E-state index contributed by atoms with van der Waals surface area (Å²) in [6.07, 6.45) is 1.57. The molecule has 0 fully saturated rings. The van der Waals surface area contributed by atoms with Crippen LogP contribution in [-0.4, -0.2) is 26.1 Å². The minimum absolute atomic E-state index is 0.00567. The zero-order chi connectivity index (χ0) is 16.0. The fourth-order valence-electron chi connectivity index (χ4n) is 2.57. The van der Waals surface area contributed by atoms with Crippen molar-refractivity contribution >= 4 is 22.5 Å². The first kappa shape index (κ1) is 14.4. The molecule has 3 aromatic heterocycles. The number of furan rings is 1. The van der Waals surface area contributed by atoms with Crippen molar-refractivity contribution in [3.05, 3.63) is 34.6 Å². The Morgan fingerprint density at radius 1 is 1.32 bits per heavy atom. The van der Waals surface area contributed by atoms with Gasteiger partial charge in [0, 0.05) is 18.2 Å². The molecule has 0 saturated heterocycles. The van der Waals surface area contributed by atoms with E-state index in [4.69, 9.17) is 4.42 Å². The molecule has 0 aliphatic carbocycles. The molecule has 0 saturated carbocycles. The number of aryl methyl sites for hydroxylation is 1. The van der Waals surface area contributed by atoms with E-state index in [-0.39, 0.29) is 17.5 Å². The summed E-state index contributed by atoms with van der Waals surface area (Å²) < 4.78 is 8.30. The van der Waals surface area contributed by atoms with Crippen molar-refractivity contribution in [1.82, 2.24) is 19.5 Å². The Morgan fingerprint density at radius 3 is 2.73 bits per heavy atom. The van der Waals surface area contributed by atoms with Gasteiger partial charge in [-0.3, -0.25) is 14.0 Å².